The van der Waals surface area contributed by atoms with Gasteiger partial charge in [0.2, 0.25) is 5.91 Å². The summed E-state index contributed by atoms with van der Waals surface area (Å²) in [6, 6.07) is 6.68. The van der Waals surface area contributed by atoms with Gasteiger partial charge < -0.3 is 10.0 Å². The Kier molecular flexibility index (Phi) is 7.02. The Morgan fingerprint density at radius 1 is 1.21 bits per heavy atom. The maximum Gasteiger partial charge on any atom is 0.226 e. The van der Waals surface area contributed by atoms with E-state index in [9.17, 15) is 18.0 Å². The van der Waals surface area contributed by atoms with Crippen LogP contribution in [0.15, 0.2) is 24.3 Å². The van der Waals surface area contributed by atoms with Gasteiger partial charge in [-0.05, 0) is 49.3 Å². The van der Waals surface area contributed by atoms with Crippen molar-refractivity contribution in [3.63, 3.8) is 0 Å². The van der Waals surface area contributed by atoms with E-state index in [4.69, 9.17) is 16.7 Å². The fraction of sp³-hybridized carbons (Fsp3) is 0.619. The van der Waals surface area contributed by atoms with E-state index in [1.165, 1.54) is 0 Å². The molecule has 3 atom stereocenters. The molecule has 8 heteroatoms. The fourth-order valence-corrected chi connectivity index (χ4v) is 5.54. The Bertz CT molecular complexity index is 850. The van der Waals surface area contributed by atoms with E-state index < -0.39 is 22.4 Å². The molecule has 1 aliphatic carbocycles. The zero-order chi connectivity index (χ0) is 21.2. The normalized spacial score (nSPS) is 23.8. The van der Waals surface area contributed by atoms with Crippen molar-refractivity contribution >= 4 is 33.1 Å². The van der Waals surface area contributed by atoms with Crippen molar-refractivity contribution in [2.24, 2.45) is 11.8 Å². The molecule has 1 aromatic carbocycles. The number of hydrogen-bond donors (Lipinski definition) is 1. The molecule has 29 heavy (non-hydrogen) atoms. The van der Waals surface area contributed by atoms with Crippen LogP contribution in [0.25, 0.3) is 0 Å². The highest BCUT2D eigenvalue weighted by Crippen LogP contribution is 2.44. The van der Waals surface area contributed by atoms with Gasteiger partial charge in [-0.1, -0.05) is 30.7 Å². The first-order valence-electron chi connectivity index (χ1n) is 10.2. The summed E-state index contributed by atoms with van der Waals surface area (Å²) >= 11 is 6.02. The number of sulfone groups is 1. The zero-order valence-electron chi connectivity index (χ0n) is 16.6. The molecule has 1 aliphatic heterocycles. The number of piperidine rings is 1. The first-order valence-corrected chi connectivity index (χ1v) is 12.4. The summed E-state index contributed by atoms with van der Waals surface area (Å²) in [5.74, 6) is -0.897. The number of hydrogen-bond acceptors (Lipinski definition) is 5. The number of halogens is 1. The van der Waals surface area contributed by atoms with Crippen molar-refractivity contribution in [3.8, 4) is 0 Å². The van der Waals surface area contributed by atoms with E-state index in [2.05, 4.69) is 0 Å². The molecular weight excluding hydrogens is 414 g/mol. The number of benzene rings is 1. The molecule has 0 radical (unpaired) electrons. The molecule has 1 heterocycles. The maximum atomic E-state index is 13.4. The van der Waals surface area contributed by atoms with Crippen molar-refractivity contribution in [2.75, 3.05) is 18.1 Å². The van der Waals surface area contributed by atoms with E-state index in [0.29, 0.717) is 17.9 Å². The molecule has 3 unspecified atom stereocenters. The van der Waals surface area contributed by atoms with Gasteiger partial charge in [-0.2, -0.15) is 0 Å². The average molecular weight is 442 g/mol. The monoisotopic (exact) mass is 441 g/mol. The number of carbonyl (C=O) groups is 2. The fourth-order valence-electron chi connectivity index (χ4n) is 4.22. The Labute approximate surface area is 177 Å². The van der Waals surface area contributed by atoms with Gasteiger partial charge in [0.1, 0.15) is 6.61 Å². The summed E-state index contributed by atoms with van der Waals surface area (Å²) in [4.78, 5) is 27.0. The number of amides is 1. The van der Waals surface area contributed by atoms with Crippen molar-refractivity contribution in [1.82, 2.24) is 4.90 Å². The minimum atomic E-state index is -3.28. The van der Waals surface area contributed by atoms with E-state index in [1.807, 2.05) is 12.1 Å². The SMILES string of the molecule is CCS(=O)(=O)CC(C1CC1)N1C(=O)C(CC(=O)CO)CCC1c1ccc(Cl)cc1. The third-order valence-electron chi connectivity index (χ3n) is 6.02. The highest BCUT2D eigenvalue weighted by atomic mass is 35.5. The maximum absolute atomic E-state index is 13.4. The number of aliphatic hydroxyl groups is 1. The molecule has 1 amide bonds. The first kappa shape index (κ1) is 22.2. The van der Waals surface area contributed by atoms with E-state index >= 15 is 0 Å². The summed E-state index contributed by atoms with van der Waals surface area (Å²) in [5, 5.41) is 9.70. The quantitative estimate of drug-likeness (QED) is 0.636. The number of rotatable bonds is 9. The Morgan fingerprint density at radius 3 is 2.41 bits per heavy atom. The number of Topliss-reactive ketones (excluding diaryl/α,β-unsaturated/α-hetero) is 1. The van der Waals surface area contributed by atoms with E-state index in [1.54, 1.807) is 24.0 Å². The number of aliphatic hydroxyl groups excluding tert-OH is 1. The molecule has 2 aliphatic rings. The topological polar surface area (TPSA) is 91.8 Å². The number of likely N-dealkylation sites (tertiary alicyclic amines) is 1. The van der Waals surface area contributed by atoms with Crippen LogP contribution in [-0.2, 0) is 19.4 Å². The van der Waals surface area contributed by atoms with Crippen LogP contribution in [0.2, 0.25) is 5.02 Å². The predicted octanol–water partition coefficient (Wildman–Crippen LogP) is 2.78. The molecule has 2 fully saturated rings. The highest BCUT2D eigenvalue weighted by molar-refractivity contribution is 7.91. The lowest BCUT2D eigenvalue weighted by molar-refractivity contribution is -0.147. The van der Waals surface area contributed by atoms with Gasteiger partial charge >= 0.3 is 0 Å². The summed E-state index contributed by atoms with van der Waals surface area (Å²) in [6.45, 7) is 1.04. The standard InChI is InChI=1S/C21H28ClNO5S/c1-2-29(27,28)13-20(15-3-4-15)23-19(14-5-8-17(22)9-6-14)10-7-16(21(23)26)11-18(25)12-24/h5-6,8-9,15-16,19-20,24H,2-4,7,10-13H2,1H3. The third-order valence-corrected chi connectivity index (χ3v) is 8.00. The van der Waals surface area contributed by atoms with E-state index in [0.717, 1.165) is 18.4 Å². The lowest BCUT2D eigenvalue weighted by Gasteiger charge is -2.44. The Morgan fingerprint density at radius 2 is 1.86 bits per heavy atom. The molecule has 160 valence electrons. The van der Waals surface area contributed by atoms with Gasteiger partial charge in [0.15, 0.2) is 15.6 Å². The summed E-state index contributed by atoms with van der Waals surface area (Å²) in [5.41, 5.74) is 0.925. The van der Waals surface area contributed by atoms with Crippen LogP contribution in [0.4, 0.5) is 0 Å². The molecule has 3 rings (SSSR count). The second kappa shape index (κ2) is 9.14. The Hall–Kier alpha value is -1.44. The van der Waals surface area contributed by atoms with Crippen molar-refractivity contribution in [3.05, 3.63) is 34.9 Å². The van der Waals surface area contributed by atoms with Crippen LogP contribution in [0, 0.1) is 11.8 Å². The van der Waals surface area contributed by atoms with Gasteiger partial charge in [-0.25, -0.2) is 8.42 Å². The second-order valence-corrected chi connectivity index (χ2v) is 10.9. The van der Waals surface area contributed by atoms with Crippen LogP contribution < -0.4 is 0 Å². The summed E-state index contributed by atoms with van der Waals surface area (Å²) in [7, 11) is -3.28. The highest BCUT2D eigenvalue weighted by Gasteiger charge is 2.46. The summed E-state index contributed by atoms with van der Waals surface area (Å²) < 4.78 is 24.9. The average Bonchev–Trinajstić information content (AvgIpc) is 3.54. The molecule has 1 saturated carbocycles. The summed E-state index contributed by atoms with van der Waals surface area (Å²) in [6.07, 6.45) is 2.98. The minimum absolute atomic E-state index is 0.00289. The molecule has 6 nitrogen and oxygen atoms in total. The Balaban J connectivity index is 1.96. The van der Waals surface area contributed by atoms with Crippen LogP contribution >= 0.6 is 11.6 Å². The van der Waals surface area contributed by atoms with Crippen molar-refractivity contribution in [1.29, 1.82) is 0 Å². The van der Waals surface area contributed by atoms with Crippen molar-refractivity contribution in [2.45, 2.75) is 51.1 Å². The van der Waals surface area contributed by atoms with Gasteiger partial charge in [0, 0.05) is 29.2 Å². The van der Waals surface area contributed by atoms with Crippen LogP contribution in [0.5, 0.6) is 0 Å². The number of ketones is 1. The number of nitrogens with zero attached hydrogens (tertiary/aromatic N) is 1. The molecule has 1 saturated heterocycles. The van der Waals surface area contributed by atoms with Gasteiger partial charge in [-0.3, -0.25) is 9.59 Å². The minimum Gasteiger partial charge on any atom is -0.389 e. The van der Waals surface area contributed by atoms with Gasteiger partial charge in [-0.15, -0.1) is 0 Å². The first-order chi connectivity index (χ1) is 13.8. The van der Waals surface area contributed by atoms with Crippen molar-refractivity contribution < 1.29 is 23.1 Å². The molecule has 0 spiro atoms. The predicted molar refractivity (Wildman–Crippen MR) is 111 cm³/mol. The largest absolute Gasteiger partial charge is 0.389 e. The van der Waals surface area contributed by atoms with Gasteiger partial charge in [0.25, 0.3) is 0 Å². The molecule has 1 aromatic rings. The molecule has 0 aromatic heterocycles. The zero-order valence-corrected chi connectivity index (χ0v) is 18.2. The van der Waals surface area contributed by atoms with Crippen LogP contribution in [0.1, 0.15) is 50.6 Å². The van der Waals surface area contributed by atoms with Gasteiger partial charge in [0.05, 0.1) is 11.8 Å². The smallest absolute Gasteiger partial charge is 0.226 e. The lowest BCUT2D eigenvalue weighted by Crippen LogP contribution is -2.52. The molecule has 0 bridgehead atoms. The third kappa shape index (κ3) is 5.38. The van der Waals surface area contributed by atoms with E-state index in [-0.39, 0.29) is 47.6 Å². The molecule has 1 N–H and O–H groups in total. The van der Waals surface area contributed by atoms with Crippen LogP contribution in [0.3, 0.4) is 0 Å². The molecular formula is C21H28ClNO5S. The number of carbonyl (C=O) groups excluding carboxylic acids is 2. The lowest BCUT2D eigenvalue weighted by atomic mass is 9.84. The van der Waals surface area contributed by atoms with Crippen LogP contribution in [-0.4, -0.2) is 54.3 Å². The second-order valence-electron chi connectivity index (χ2n) is 8.09.